The highest BCUT2D eigenvalue weighted by Gasteiger charge is 2.07. The van der Waals surface area contributed by atoms with Gasteiger partial charge in [0.2, 0.25) is 0 Å². The zero-order valence-electron chi connectivity index (χ0n) is 12.3. The summed E-state index contributed by atoms with van der Waals surface area (Å²) in [5.41, 5.74) is 1.33. The fourth-order valence-electron chi connectivity index (χ4n) is 1.93. The molecule has 0 amide bonds. The van der Waals surface area contributed by atoms with E-state index in [0.29, 0.717) is 6.04 Å². The van der Waals surface area contributed by atoms with Gasteiger partial charge in [-0.1, -0.05) is 30.7 Å². The van der Waals surface area contributed by atoms with E-state index in [4.69, 9.17) is 0 Å². The maximum absolute atomic E-state index is 3.80. The Hall–Kier alpha value is -0.730. The lowest BCUT2D eigenvalue weighted by Crippen LogP contribution is -2.31. The van der Waals surface area contributed by atoms with E-state index in [2.05, 4.69) is 50.0 Å². The van der Waals surface area contributed by atoms with Gasteiger partial charge in [0.05, 0.1) is 0 Å². The number of thioether (sulfide) groups is 1. The minimum Gasteiger partial charge on any atom is -0.313 e. The number of aryl methyl sites for hydroxylation is 1. The Labute approximate surface area is 122 Å². The molecule has 0 saturated heterocycles. The molecular formula is C17H27NS. The molecule has 1 aromatic rings. The minimum atomic E-state index is 0.617. The zero-order valence-corrected chi connectivity index (χ0v) is 13.1. The number of nitrogens with one attached hydrogen (secondary N) is 1. The van der Waals surface area contributed by atoms with E-state index >= 15 is 0 Å². The van der Waals surface area contributed by atoms with Crippen molar-refractivity contribution in [3.63, 3.8) is 0 Å². The first-order valence-electron chi connectivity index (χ1n) is 7.30. The van der Waals surface area contributed by atoms with E-state index in [9.17, 15) is 0 Å². The summed E-state index contributed by atoms with van der Waals surface area (Å²) in [5, 5.41) is 3.65. The molecule has 0 radical (unpaired) electrons. The molecule has 0 aromatic heterocycles. The van der Waals surface area contributed by atoms with Crippen LogP contribution in [0.4, 0.5) is 0 Å². The lowest BCUT2D eigenvalue weighted by atomic mass is 10.1. The summed E-state index contributed by atoms with van der Waals surface area (Å²) in [5.74, 6) is 1.15. The highest BCUT2D eigenvalue weighted by atomic mass is 32.2. The summed E-state index contributed by atoms with van der Waals surface area (Å²) in [6.45, 7) is 9.27. The third kappa shape index (κ3) is 7.44. The van der Waals surface area contributed by atoms with Crippen molar-refractivity contribution in [2.24, 2.45) is 0 Å². The molecule has 106 valence electrons. The van der Waals surface area contributed by atoms with Crippen molar-refractivity contribution in [2.75, 3.05) is 12.3 Å². The van der Waals surface area contributed by atoms with Crippen molar-refractivity contribution in [2.45, 2.75) is 50.5 Å². The van der Waals surface area contributed by atoms with Crippen LogP contribution in [-0.4, -0.2) is 18.3 Å². The predicted molar refractivity (Wildman–Crippen MR) is 88.0 cm³/mol. The predicted octanol–water partition coefficient (Wildman–Crippen LogP) is 4.81. The third-order valence-electron chi connectivity index (χ3n) is 3.12. The normalized spacial score (nSPS) is 12.3. The quantitative estimate of drug-likeness (QED) is 0.374. The molecule has 2 heteroatoms. The molecule has 0 aliphatic heterocycles. The van der Waals surface area contributed by atoms with Crippen molar-refractivity contribution in [3.8, 4) is 0 Å². The number of benzene rings is 1. The number of unbranched alkanes of at least 4 members (excludes halogenated alkanes) is 1. The highest BCUT2D eigenvalue weighted by Crippen LogP contribution is 2.20. The Morgan fingerprint density at radius 1 is 1.32 bits per heavy atom. The summed E-state index contributed by atoms with van der Waals surface area (Å²) in [6, 6.07) is 9.44. The van der Waals surface area contributed by atoms with Crippen LogP contribution in [-0.2, 0) is 0 Å². The molecule has 0 fully saturated rings. The molecule has 0 saturated carbocycles. The summed E-state index contributed by atoms with van der Waals surface area (Å²) >= 11 is 1.96. The van der Waals surface area contributed by atoms with E-state index in [1.165, 1.54) is 29.7 Å². The van der Waals surface area contributed by atoms with E-state index in [-0.39, 0.29) is 0 Å². The van der Waals surface area contributed by atoms with Crippen LogP contribution in [0.3, 0.4) is 0 Å². The minimum absolute atomic E-state index is 0.617. The summed E-state index contributed by atoms with van der Waals surface area (Å²) in [6.07, 6.45) is 6.82. The average molecular weight is 277 g/mol. The standard InChI is InChI=1S/C17H27NS/c1-4-6-7-8-16(18-13-5-2)14-19-17-11-9-15(3)10-12-17/h4,9-12,16,18H,1,5-8,13-14H2,2-3H3. The molecule has 0 aliphatic carbocycles. The lowest BCUT2D eigenvalue weighted by molar-refractivity contribution is 0.506. The van der Waals surface area contributed by atoms with E-state index in [0.717, 1.165) is 18.7 Å². The Balaban J connectivity index is 2.37. The van der Waals surface area contributed by atoms with Crippen LogP contribution in [0, 0.1) is 6.92 Å². The summed E-state index contributed by atoms with van der Waals surface area (Å²) < 4.78 is 0. The van der Waals surface area contributed by atoms with Crippen LogP contribution in [0.25, 0.3) is 0 Å². The van der Waals surface area contributed by atoms with Gasteiger partial charge in [-0.3, -0.25) is 0 Å². The topological polar surface area (TPSA) is 12.0 Å². The van der Waals surface area contributed by atoms with Crippen molar-refractivity contribution in [3.05, 3.63) is 42.5 Å². The van der Waals surface area contributed by atoms with Crippen LogP contribution in [0.2, 0.25) is 0 Å². The summed E-state index contributed by atoms with van der Waals surface area (Å²) in [4.78, 5) is 1.37. The smallest absolute Gasteiger partial charge is 0.0161 e. The molecule has 0 heterocycles. The number of hydrogen-bond donors (Lipinski definition) is 1. The van der Waals surface area contributed by atoms with Crippen molar-refractivity contribution < 1.29 is 0 Å². The maximum Gasteiger partial charge on any atom is 0.0161 e. The fraction of sp³-hybridized carbons (Fsp3) is 0.529. The van der Waals surface area contributed by atoms with Gasteiger partial charge < -0.3 is 5.32 Å². The number of rotatable bonds is 10. The zero-order chi connectivity index (χ0) is 13.9. The first-order valence-corrected chi connectivity index (χ1v) is 8.28. The first-order chi connectivity index (χ1) is 9.26. The van der Waals surface area contributed by atoms with Gasteiger partial charge in [0.1, 0.15) is 0 Å². The Bertz CT molecular complexity index is 345. The van der Waals surface area contributed by atoms with Crippen LogP contribution in [0.15, 0.2) is 41.8 Å². The Morgan fingerprint density at radius 3 is 2.68 bits per heavy atom. The van der Waals surface area contributed by atoms with Gasteiger partial charge in [0.25, 0.3) is 0 Å². The fourth-order valence-corrected chi connectivity index (χ4v) is 2.94. The van der Waals surface area contributed by atoms with E-state index in [1.807, 2.05) is 17.8 Å². The summed E-state index contributed by atoms with van der Waals surface area (Å²) in [7, 11) is 0. The molecule has 0 spiro atoms. The molecule has 1 aromatic carbocycles. The molecule has 19 heavy (non-hydrogen) atoms. The Kier molecular flexibility index (Phi) is 8.68. The SMILES string of the molecule is C=CCCCC(CSc1ccc(C)cc1)NCCC. The van der Waals surface area contributed by atoms with Gasteiger partial charge >= 0.3 is 0 Å². The van der Waals surface area contributed by atoms with Crippen LogP contribution in [0.1, 0.15) is 38.2 Å². The second-order valence-electron chi connectivity index (χ2n) is 4.99. The monoisotopic (exact) mass is 277 g/mol. The molecule has 0 aliphatic rings. The lowest BCUT2D eigenvalue weighted by Gasteiger charge is -2.18. The molecule has 1 unspecified atom stereocenters. The maximum atomic E-state index is 3.80. The van der Waals surface area contributed by atoms with Gasteiger partial charge in [0, 0.05) is 16.7 Å². The van der Waals surface area contributed by atoms with Gasteiger partial charge in [-0.05, 0) is 51.3 Å². The van der Waals surface area contributed by atoms with Crippen LogP contribution < -0.4 is 5.32 Å². The molecule has 1 rings (SSSR count). The van der Waals surface area contributed by atoms with E-state index < -0.39 is 0 Å². The van der Waals surface area contributed by atoms with E-state index in [1.54, 1.807) is 0 Å². The van der Waals surface area contributed by atoms with Crippen molar-refractivity contribution in [1.29, 1.82) is 0 Å². The molecule has 1 atom stereocenters. The number of allylic oxidation sites excluding steroid dienone is 1. The molecule has 1 N–H and O–H groups in total. The van der Waals surface area contributed by atoms with Gasteiger partial charge in [-0.25, -0.2) is 0 Å². The van der Waals surface area contributed by atoms with Crippen molar-refractivity contribution in [1.82, 2.24) is 5.32 Å². The second kappa shape index (κ2) is 10.1. The molecule has 1 nitrogen and oxygen atoms in total. The Morgan fingerprint density at radius 2 is 2.05 bits per heavy atom. The first kappa shape index (κ1) is 16.3. The molecule has 0 bridgehead atoms. The average Bonchev–Trinajstić information content (AvgIpc) is 2.43. The second-order valence-corrected chi connectivity index (χ2v) is 6.09. The van der Waals surface area contributed by atoms with Gasteiger partial charge in [-0.15, -0.1) is 18.3 Å². The van der Waals surface area contributed by atoms with Gasteiger partial charge in [-0.2, -0.15) is 0 Å². The third-order valence-corrected chi connectivity index (χ3v) is 4.29. The van der Waals surface area contributed by atoms with Crippen LogP contribution >= 0.6 is 11.8 Å². The van der Waals surface area contributed by atoms with Crippen LogP contribution in [0.5, 0.6) is 0 Å². The molecular weight excluding hydrogens is 250 g/mol. The number of hydrogen-bond acceptors (Lipinski definition) is 2. The van der Waals surface area contributed by atoms with Gasteiger partial charge in [0.15, 0.2) is 0 Å². The van der Waals surface area contributed by atoms with Crippen molar-refractivity contribution >= 4 is 11.8 Å². The largest absolute Gasteiger partial charge is 0.313 e. The highest BCUT2D eigenvalue weighted by molar-refractivity contribution is 7.99.